The first-order valence-electron chi connectivity index (χ1n) is 6.49. The van der Waals surface area contributed by atoms with Gasteiger partial charge < -0.3 is 20.4 Å². The second kappa shape index (κ2) is 6.28. The van der Waals surface area contributed by atoms with Gasteiger partial charge in [0.05, 0.1) is 0 Å². The number of aliphatic carboxylic acids is 1. The van der Waals surface area contributed by atoms with Gasteiger partial charge in [0.25, 0.3) is 5.72 Å². The summed E-state index contributed by atoms with van der Waals surface area (Å²) in [4.78, 5) is 15.1. The highest BCUT2D eigenvalue weighted by atomic mass is 16.4. The number of nitrogens with zero attached hydrogens (tertiary/aromatic N) is 1. The predicted molar refractivity (Wildman–Crippen MR) is 79.9 cm³/mol. The molecule has 0 saturated heterocycles. The van der Waals surface area contributed by atoms with Crippen molar-refractivity contribution in [1.82, 2.24) is 0 Å². The minimum atomic E-state index is -2.40. The lowest BCUT2D eigenvalue weighted by atomic mass is 10.0. The molecule has 0 amide bonds. The van der Waals surface area contributed by atoms with Gasteiger partial charge in [-0.25, -0.2) is 9.79 Å². The summed E-state index contributed by atoms with van der Waals surface area (Å²) in [6, 6.07) is 11.8. The Balaban J connectivity index is 2.25. The molecule has 2 rings (SSSR count). The Kier molecular flexibility index (Phi) is 4.43. The number of carbonyl (C=O) groups is 1. The average molecular weight is 301 g/mol. The topological polar surface area (TPSA) is 110 Å². The summed E-state index contributed by atoms with van der Waals surface area (Å²) in [5, 5.41) is 38.5. The third kappa shape index (κ3) is 3.24. The normalized spacial score (nSPS) is 13.9. The van der Waals surface area contributed by atoms with Crippen LogP contribution in [0.4, 0.5) is 0 Å². The summed E-state index contributed by atoms with van der Waals surface area (Å²) in [6.07, 6.45) is 1.25. The second-order valence-electron chi connectivity index (χ2n) is 4.67. The van der Waals surface area contributed by atoms with Crippen LogP contribution in [0.5, 0.6) is 11.5 Å². The molecule has 0 aromatic heterocycles. The fourth-order valence-corrected chi connectivity index (χ4v) is 1.94. The van der Waals surface area contributed by atoms with Crippen LogP contribution in [-0.4, -0.2) is 32.6 Å². The molecule has 0 spiro atoms. The lowest BCUT2D eigenvalue weighted by Crippen LogP contribution is -2.33. The third-order valence-corrected chi connectivity index (χ3v) is 3.13. The second-order valence-corrected chi connectivity index (χ2v) is 4.67. The zero-order valence-corrected chi connectivity index (χ0v) is 11.5. The van der Waals surface area contributed by atoms with Crippen molar-refractivity contribution in [3.63, 3.8) is 0 Å². The highest BCUT2D eigenvalue weighted by Crippen LogP contribution is 2.24. The lowest BCUT2D eigenvalue weighted by Gasteiger charge is -2.18. The van der Waals surface area contributed by atoms with Crippen LogP contribution in [-0.2, 0) is 16.9 Å². The maximum absolute atomic E-state index is 11.3. The molecule has 0 unspecified atom stereocenters. The van der Waals surface area contributed by atoms with Crippen LogP contribution in [0.2, 0.25) is 0 Å². The van der Waals surface area contributed by atoms with Crippen molar-refractivity contribution in [3.8, 4) is 11.5 Å². The maximum atomic E-state index is 11.3. The third-order valence-electron chi connectivity index (χ3n) is 3.13. The van der Waals surface area contributed by atoms with Crippen LogP contribution in [0.25, 0.3) is 0 Å². The standard InChI is InChI=1S/C16H15NO5/c18-13-6-7-14(19)11(10-13)8-9-17-16(22,15(20)21)12-4-2-1-3-5-12/h1-7,9-10,18-19,22H,8H2,(H,20,21)/t16-/m1/s1. The summed E-state index contributed by atoms with van der Waals surface area (Å²) in [5.74, 6) is -1.59. The summed E-state index contributed by atoms with van der Waals surface area (Å²) in [6.45, 7) is 0. The minimum Gasteiger partial charge on any atom is -0.508 e. The quantitative estimate of drug-likeness (QED) is 0.495. The number of aliphatic imine (C=N–C) groups is 1. The number of carboxylic acid groups (broad SMARTS) is 1. The monoisotopic (exact) mass is 301 g/mol. The van der Waals surface area contributed by atoms with Crippen LogP contribution in [0.3, 0.4) is 0 Å². The SMILES string of the molecule is O=C(O)[C@@](O)(N=CCc1cc(O)ccc1O)c1ccccc1. The van der Waals surface area contributed by atoms with Crippen molar-refractivity contribution in [2.45, 2.75) is 12.1 Å². The van der Waals surface area contributed by atoms with E-state index < -0.39 is 11.7 Å². The highest BCUT2D eigenvalue weighted by molar-refractivity contribution is 5.81. The van der Waals surface area contributed by atoms with Gasteiger partial charge in [-0.2, -0.15) is 0 Å². The Bertz CT molecular complexity index is 699. The number of phenols is 2. The Hall–Kier alpha value is -2.86. The Labute approximate surface area is 126 Å². The molecule has 0 fully saturated rings. The first-order chi connectivity index (χ1) is 10.4. The van der Waals surface area contributed by atoms with Crippen molar-refractivity contribution in [2.24, 2.45) is 4.99 Å². The van der Waals surface area contributed by atoms with E-state index in [1.807, 2.05) is 0 Å². The molecular formula is C16H15NO5. The molecular weight excluding hydrogens is 286 g/mol. The number of aromatic hydroxyl groups is 2. The van der Waals surface area contributed by atoms with Crippen LogP contribution in [0.15, 0.2) is 53.5 Å². The molecule has 22 heavy (non-hydrogen) atoms. The Morgan fingerprint density at radius 2 is 1.82 bits per heavy atom. The molecule has 0 radical (unpaired) electrons. The van der Waals surface area contributed by atoms with Gasteiger partial charge in [0, 0.05) is 23.8 Å². The summed E-state index contributed by atoms with van der Waals surface area (Å²) >= 11 is 0. The number of benzene rings is 2. The fourth-order valence-electron chi connectivity index (χ4n) is 1.94. The van der Waals surface area contributed by atoms with Crippen molar-refractivity contribution in [3.05, 3.63) is 59.7 Å². The number of carboxylic acids is 1. The van der Waals surface area contributed by atoms with Gasteiger partial charge in [-0.1, -0.05) is 30.3 Å². The number of hydrogen-bond donors (Lipinski definition) is 4. The molecule has 0 aliphatic carbocycles. The van der Waals surface area contributed by atoms with Crippen LogP contribution >= 0.6 is 0 Å². The van der Waals surface area contributed by atoms with E-state index in [1.165, 1.54) is 36.5 Å². The maximum Gasteiger partial charge on any atom is 0.364 e. The molecule has 0 bridgehead atoms. The van der Waals surface area contributed by atoms with E-state index >= 15 is 0 Å². The summed E-state index contributed by atoms with van der Waals surface area (Å²) in [7, 11) is 0. The zero-order valence-electron chi connectivity index (χ0n) is 11.5. The van der Waals surface area contributed by atoms with Gasteiger partial charge in [0.2, 0.25) is 0 Å². The number of aliphatic hydroxyl groups is 1. The van der Waals surface area contributed by atoms with Crippen molar-refractivity contribution in [2.75, 3.05) is 0 Å². The van der Waals surface area contributed by atoms with Crippen LogP contribution in [0.1, 0.15) is 11.1 Å². The van der Waals surface area contributed by atoms with Crippen LogP contribution in [0, 0.1) is 0 Å². The number of phenolic OH excluding ortho intramolecular Hbond substituents is 2. The fraction of sp³-hybridized carbons (Fsp3) is 0.125. The zero-order chi connectivity index (χ0) is 16.2. The highest BCUT2D eigenvalue weighted by Gasteiger charge is 2.37. The van der Waals surface area contributed by atoms with Crippen molar-refractivity contribution >= 4 is 12.2 Å². The van der Waals surface area contributed by atoms with E-state index in [2.05, 4.69) is 4.99 Å². The summed E-state index contributed by atoms with van der Waals surface area (Å²) < 4.78 is 0. The van der Waals surface area contributed by atoms with Gasteiger partial charge >= 0.3 is 5.97 Å². The molecule has 114 valence electrons. The molecule has 4 N–H and O–H groups in total. The first-order valence-corrected chi connectivity index (χ1v) is 6.49. The van der Waals surface area contributed by atoms with Crippen molar-refractivity contribution in [1.29, 1.82) is 0 Å². The molecule has 0 aliphatic heterocycles. The molecule has 2 aromatic carbocycles. The van der Waals surface area contributed by atoms with Gasteiger partial charge in [-0.3, -0.25) is 0 Å². The summed E-state index contributed by atoms with van der Waals surface area (Å²) in [5.41, 5.74) is -1.91. The average Bonchev–Trinajstić information content (AvgIpc) is 2.51. The molecule has 2 aromatic rings. The predicted octanol–water partition coefficient (Wildman–Crippen LogP) is 1.64. The first kappa shape index (κ1) is 15.5. The van der Waals surface area contributed by atoms with E-state index in [0.29, 0.717) is 5.56 Å². The Morgan fingerprint density at radius 3 is 2.45 bits per heavy atom. The van der Waals surface area contributed by atoms with Crippen LogP contribution < -0.4 is 0 Å². The van der Waals surface area contributed by atoms with E-state index in [0.717, 1.165) is 0 Å². The smallest absolute Gasteiger partial charge is 0.364 e. The Morgan fingerprint density at radius 1 is 1.14 bits per heavy atom. The number of rotatable bonds is 5. The van der Waals surface area contributed by atoms with Gasteiger partial charge in [-0.05, 0) is 18.2 Å². The largest absolute Gasteiger partial charge is 0.508 e. The van der Waals surface area contributed by atoms with E-state index in [-0.39, 0.29) is 23.5 Å². The minimum absolute atomic E-state index is 0.0299. The van der Waals surface area contributed by atoms with E-state index in [1.54, 1.807) is 18.2 Å². The molecule has 1 atom stereocenters. The van der Waals surface area contributed by atoms with E-state index in [9.17, 15) is 25.2 Å². The van der Waals surface area contributed by atoms with Gasteiger partial charge in [0.15, 0.2) is 0 Å². The number of hydrogen-bond acceptors (Lipinski definition) is 5. The van der Waals surface area contributed by atoms with E-state index in [4.69, 9.17) is 0 Å². The van der Waals surface area contributed by atoms with Gasteiger partial charge in [-0.15, -0.1) is 0 Å². The molecule has 6 nitrogen and oxygen atoms in total. The molecule has 0 saturated carbocycles. The molecule has 0 aliphatic rings. The molecule has 6 heteroatoms. The lowest BCUT2D eigenvalue weighted by molar-refractivity contribution is -0.158. The molecule has 0 heterocycles. The van der Waals surface area contributed by atoms with Gasteiger partial charge in [0.1, 0.15) is 11.5 Å². The van der Waals surface area contributed by atoms with Crippen molar-refractivity contribution < 1.29 is 25.2 Å².